The Labute approximate surface area is 82.5 Å². The van der Waals surface area contributed by atoms with Crippen LogP contribution in [-0.2, 0) is 16.1 Å². The average Bonchev–Trinajstić information content (AvgIpc) is 2.17. The summed E-state index contributed by atoms with van der Waals surface area (Å²) in [7, 11) is 0. The Morgan fingerprint density at radius 3 is 2.86 bits per heavy atom. The minimum Gasteiger partial charge on any atom is -0.300 e. The van der Waals surface area contributed by atoms with Gasteiger partial charge in [-0.15, -0.1) is 0 Å². The number of nitrogens with zero attached hydrogens (tertiary/aromatic N) is 1. The lowest BCUT2D eigenvalue weighted by Crippen LogP contribution is -2.28. The molecule has 0 bridgehead atoms. The molecule has 76 valence electrons. The number of rotatable bonds is 3. The lowest BCUT2D eigenvalue weighted by atomic mass is 9.86. The van der Waals surface area contributed by atoms with Gasteiger partial charge in [-0.25, -0.2) is 4.79 Å². The standard InChI is InChI=1S/C10H13NO3/c1-10(2,9(12)14-13)6-8-4-3-5-11-7-8/h3-5,7,13H,6H2,1-2H3. The van der Waals surface area contributed by atoms with Crippen LogP contribution in [0.2, 0.25) is 0 Å². The number of carbonyl (C=O) groups is 1. The largest absolute Gasteiger partial charge is 0.347 e. The van der Waals surface area contributed by atoms with Gasteiger partial charge in [0.2, 0.25) is 0 Å². The van der Waals surface area contributed by atoms with Crippen molar-refractivity contribution >= 4 is 5.97 Å². The Kier molecular flexibility index (Phi) is 3.19. The average molecular weight is 195 g/mol. The van der Waals surface area contributed by atoms with E-state index in [1.807, 2.05) is 6.07 Å². The summed E-state index contributed by atoms with van der Waals surface area (Å²) in [5.74, 6) is -0.638. The van der Waals surface area contributed by atoms with Crippen molar-refractivity contribution in [3.63, 3.8) is 0 Å². The second kappa shape index (κ2) is 4.19. The van der Waals surface area contributed by atoms with Crippen LogP contribution in [-0.4, -0.2) is 16.2 Å². The van der Waals surface area contributed by atoms with E-state index in [1.54, 1.807) is 32.3 Å². The van der Waals surface area contributed by atoms with Crippen LogP contribution in [0.1, 0.15) is 19.4 Å². The topological polar surface area (TPSA) is 59.4 Å². The third-order valence-electron chi connectivity index (χ3n) is 2.00. The van der Waals surface area contributed by atoms with Crippen molar-refractivity contribution < 1.29 is 14.9 Å². The van der Waals surface area contributed by atoms with E-state index in [1.165, 1.54) is 0 Å². The van der Waals surface area contributed by atoms with Crippen molar-refractivity contribution in [3.05, 3.63) is 30.1 Å². The van der Waals surface area contributed by atoms with Gasteiger partial charge in [0, 0.05) is 12.4 Å². The van der Waals surface area contributed by atoms with E-state index in [0.29, 0.717) is 6.42 Å². The molecule has 1 aromatic heterocycles. The van der Waals surface area contributed by atoms with E-state index in [4.69, 9.17) is 5.26 Å². The number of carbonyl (C=O) groups excluding carboxylic acids is 1. The molecule has 0 unspecified atom stereocenters. The summed E-state index contributed by atoms with van der Waals surface area (Å²) < 4.78 is 0. The molecule has 0 atom stereocenters. The van der Waals surface area contributed by atoms with Crippen LogP contribution in [0.3, 0.4) is 0 Å². The molecule has 0 aliphatic heterocycles. The van der Waals surface area contributed by atoms with Gasteiger partial charge in [-0.1, -0.05) is 6.07 Å². The molecule has 0 aliphatic carbocycles. The van der Waals surface area contributed by atoms with Crippen molar-refractivity contribution in [3.8, 4) is 0 Å². The van der Waals surface area contributed by atoms with E-state index in [-0.39, 0.29) is 0 Å². The highest BCUT2D eigenvalue weighted by molar-refractivity contribution is 5.75. The number of hydrogen-bond acceptors (Lipinski definition) is 4. The second-order valence-electron chi connectivity index (χ2n) is 3.80. The fourth-order valence-electron chi connectivity index (χ4n) is 1.21. The molecule has 1 heterocycles. The molecule has 4 nitrogen and oxygen atoms in total. The zero-order valence-electron chi connectivity index (χ0n) is 8.23. The molecule has 0 amide bonds. The highest BCUT2D eigenvalue weighted by atomic mass is 17.1. The summed E-state index contributed by atoms with van der Waals surface area (Å²) >= 11 is 0. The predicted octanol–water partition coefficient (Wildman–Crippen LogP) is 1.67. The van der Waals surface area contributed by atoms with E-state index >= 15 is 0 Å². The van der Waals surface area contributed by atoms with Gasteiger partial charge in [0.25, 0.3) is 0 Å². The van der Waals surface area contributed by atoms with Crippen molar-refractivity contribution in [1.82, 2.24) is 4.98 Å². The second-order valence-corrected chi connectivity index (χ2v) is 3.80. The van der Waals surface area contributed by atoms with Crippen LogP contribution in [0.15, 0.2) is 24.5 Å². The summed E-state index contributed by atoms with van der Waals surface area (Å²) in [6.45, 7) is 3.41. The molecular weight excluding hydrogens is 182 g/mol. The minimum absolute atomic E-state index is 0.486. The Morgan fingerprint density at radius 1 is 1.64 bits per heavy atom. The summed E-state index contributed by atoms with van der Waals surface area (Å²) in [4.78, 5) is 18.8. The SMILES string of the molecule is CC(C)(Cc1cccnc1)C(=O)OO. The molecule has 0 radical (unpaired) electrons. The van der Waals surface area contributed by atoms with Gasteiger partial charge < -0.3 is 4.89 Å². The van der Waals surface area contributed by atoms with E-state index < -0.39 is 11.4 Å². The maximum atomic E-state index is 11.1. The lowest BCUT2D eigenvalue weighted by Gasteiger charge is -2.19. The van der Waals surface area contributed by atoms with Gasteiger partial charge in [-0.3, -0.25) is 4.98 Å². The van der Waals surface area contributed by atoms with Crippen molar-refractivity contribution in [2.45, 2.75) is 20.3 Å². The van der Waals surface area contributed by atoms with Gasteiger partial charge in [0.1, 0.15) is 0 Å². The number of hydrogen-bond donors (Lipinski definition) is 1. The van der Waals surface area contributed by atoms with Gasteiger partial charge in [0.15, 0.2) is 0 Å². The van der Waals surface area contributed by atoms with Crippen LogP contribution < -0.4 is 0 Å². The van der Waals surface area contributed by atoms with Crippen molar-refractivity contribution in [2.24, 2.45) is 5.41 Å². The molecule has 0 saturated heterocycles. The molecule has 1 rings (SSSR count). The zero-order chi connectivity index (χ0) is 10.6. The first kappa shape index (κ1) is 10.7. The molecule has 0 aromatic carbocycles. The summed E-state index contributed by atoms with van der Waals surface area (Å²) in [6, 6.07) is 3.68. The van der Waals surface area contributed by atoms with Gasteiger partial charge in [0.05, 0.1) is 5.41 Å². The highest BCUT2D eigenvalue weighted by Crippen LogP contribution is 2.22. The maximum absolute atomic E-state index is 11.1. The number of aromatic nitrogens is 1. The third kappa shape index (κ3) is 2.53. The van der Waals surface area contributed by atoms with Gasteiger partial charge in [-0.05, 0) is 31.9 Å². The first-order valence-corrected chi connectivity index (χ1v) is 4.31. The molecule has 0 fully saturated rings. The Bertz CT molecular complexity index is 308. The molecule has 0 saturated carbocycles. The first-order chi connectivity index (χ1) is 6.56. The lowest BCUT2D eigenvalue weighted by molar-refractivity contribution is -0.244. The first-order valence-electron chi connectivity index (χ1n) is 4.31. The Hall–Kier alpha value is -1.42. The minimum atomic E-state index is -0.738. The third-order valence-corrected chi connectivity index (χ3v) is 2.00. The van der Waals surface area contributed by atoms with Gasteiger partial charge in [-0.2, -0.15) is 5.26 Å². The summed E-state index contributed by atoms with van der Waals surface area (Å²) in [6.07, 6.45) is 3.84. The molecule has 1 N–H and O–H groups in total. The predicted molar refractivity (Wildman–Crippen MR) is 50.4 cm³/mol. The van der Waals surface area contributed by atoms with E-state index in [0.717, 1.165) is 5.56 Å². The fourth-order valence-corrected chi connectivity index (χ4v) is 1.21. The van der Waals surface area contributed by atoms with Crippen LogP contribution in [0.25, 0.3) is 0 Å². The Morgan fingerprint density at radius 2 is 2.36 bits per heavy atom. The van der Waals surface area contributed by atoms with Crippen molar-refractivity contribution in [2.75, 3.05) is 0 Å². The molecule has 4 heteroatoms. The monoisotopic (exact) mass is 195 g/mol. The molecular formula is C10H13NO3. The molecule has 0 aliphatic rings. The Balaban J connectivity index is 2.73. The van der Waals surface area contributed by atoms with E-state index in [2.05, 4.69) is 9.87 Å². The zero-order valence-corrected chi connectivity index (χ0v) is 8.23. The molecule has 0 spiro atoms. The molecule has 1 aromatic rings. The van der Waals surface area contributed by atoms with E-state index in [9.17, 15) is 4.79 Å². The van der Waals surface area contributed by atoms with Gasteiger partial charge >= 0.3 is 5.97 Å². The smallest absolute Gasteiger partial charge is 0.300 e. The van der Waals surface area contributed by atoms with Crippen LogP contribution in [0, 0.1) is 5.41 Å². The molecule has 14 heavy (non-hydrogen) atoms. The quantitative estimate of drug-likeness (QED) is 0.588. The van der Waals surface area contributed by atoms with Crippen LogP contribution in [0.5, 0.6) is 0 Å². The summed E-state index contributed by atoms with van der Waals surface area (Å²) in [5, 5.41) is 8.28. The summed E-state index contributed by atoms with van der Waals surface area (Å²) in [5.41, 5.74) is 0.195. The van der Waals surface area contributed by atoms with Crippen LogP contribution >= 0.6 is 0 Å². The maximum Gasteiger partial charge on any atom is 0.347 e. The van der Waals surface area contributed by atoms with Crippen LogP contribution in [0.4, 0.5) is 0 Å². The van der Waals surface area contributed by atoms with Crippen molar-refractivity contribution in [1.29, 1.82) is 0 Å². The fraction of sp³-hybridized carbons (Fsp3) is 0.400. The number of pyridine rings is 1. The highest BCUT2D eigenvalue weighted by Gasteiger charge is 2.30. The normalized spacial score (nSPS) is 11.1.